The zero-order valence-corrected chi connectivity index (χ0v) is 12.7. The Morgan fingerprint density at radius 1 is 1.33 bits per heavy atom. The van der Waals surface area contributed by atoms with Gasteiger partial charge in [-0.2, -0.15) is 0 Å². The Kier molecular flexibility index (Phi) is 3.68. The number of imidazole rings is 1. The molecule has 0 spiro atoms. The maximum Gasteiger partial charge on any atom is 0.128 e. The Morgan fingerprint density at radius 3 is 2.90 bits per heavy atom. The number of benzene rings is 1. The van der Waals surface area contributed by atoms with Crippen LogP contribution in [-0.2, 0) is 13.1 Å². The van der Waals surface area contributed by atoms with Crippen molar-refractivity contribution in [2.24, 2.45) is 0 Å². The second-order valence-corrected chi connectivity index (χ2v) is 5.63. The SMILES string of the molecule is CNC(C)c1cc(F)c(C)cc1N1CCn2ccnc2C1. The van der Waals surface area contributed by atoms with E-state index < -0.39 is 0 Å². The molecule has 21 heavy (non-hydrogen) atoms. The average molecular weight is 288 g/mol. The number of fused-ring (bicyclic) bond motifs is 1. The second kappa shape index (κ2) is 5.48. The molecule has 1 unspecified atom stereocenters. The molecule has 5 heteroatoms. The van der Waals surface area contributed by atoms with Gasteiger partial charge in [-0.3, -0.25) is 0 Å². The standard InChI is InChI=1S/C16H21FN4/c1-11-8-15(13(9-14(11)17)12(2)18-3)21-7-6-20-5-4-19-16(20)10-21/h4-5,8-9,12,18H,6-7,10H2,1-3H3. The van der Waals surface area contributed by atoms with E-state index in [1.165, 1.54) is 0 Å². The smallest absolute Gasteiger partial charge is 0.128 e. The summed E-state index contributed by atoms with van der Waals surface area (Å²) in [5.41, 5.74) is 2.79. The quantitative estimate of drug-likeness (QED) is 0.942. The summed E-state index contributed by atoms with van der Waals surface area (Å²) in [6.07, 6.45) is 3.85. The van der Waals surface area contributed by atoms with Crippen LogP contribution in [-0.4, -0.2) is 23.1 Å². The monoisotopic (exact) mass is 288 g/mol. The van der Waals surface area contributed by atoms with Crippen molar-refractivity contribution in [1.29, 1.82) is 0 Å². The highest BCUT2D eigenvalue weighted by Crippen LogP contribution is 2.31. The highest BCUT2D eigenvalue weighted by atomic mass is 19.1. The highest BCUT2D eigenvalue weighted by molar-refractivity contribution is 5.57. The molecule has 1 atom stereocenters. The third-order valence-electron chi connectivity index (χ3n) is 4.29. The van der Waals surface area contributed by atoms with Gasteiger partial charge in [-0.25, -0.2) is 9.37 Å². The number of anilines is 1. The van der Waals surface area contributed by atoms with Crippen LogP contribution in [0.4, 0.5) is 10.1 Å². The van der Waals surface area contributed by atoms with E-state index in [0.717, 1.165) is 36.7 Å². The van der Waals surface area contributed by atoms with E-state index in [2.05, 4.69) is 26.7 Å². The van der Waals surface area contributed by atoms with Gasteiger partial charge < -0.3 is 14.8 Å². The largest absolute Gasteiger partial charge is 0.362 e. The molecule has 1 aliphatic rings. The maximum absolute atomic E-state index is 13.9. The van der Waals surface area contributed by atoms with Gasteiger partial charge in [0.1, 0.15) is 11.6 Å². The maximum atomic E-state index is 13.9. The van der Waals surface area contributed by atoms with Crippen molar-refractivity contribution in [3.8, 4) is 0 Å². The van der Waals surface area contributed by atoms with Gasteiger partial charge in [0.15, 0.2) is 0 Å². The summed E-state index contributed by atoms with van der Waals surface area (Å²) >= 11 is 0. The van der Waals surface area contributed by atoms with Crippen LogP contribution in [0.25, 0.3) is 0 Å². The molecule has 1 aromatic carbocycles. The van der Waals surface area contributed by atoms with Crippen molar-refractivity contribution >= 4 is 5.69 Å². The number of aromatic nitrogens is 2. The minimum Gasteiger partial charge on any atom is -0.362 e. The Bertz CT molecular complexity index is 650. The number of aryl methyl sites for hydroxylation is 1. The van der Waals surface area contributed by atoms with E-state index in [1.54, 1.807) is 6.07 Å². The molecule has 0 bridgehead atoms. The first-order valence-electron chi connectivity index (χ1n) is 7.32. The first-order valence-corrected chi connectivity index (χ1v) is 7.32. The lowest BCUT2D eigenvalue weighted by atomic mass is 10.0. The zero-order valence-electron chi connectivity index (χ0n) is 12.7. The Balaban J connectivity index is 2.00. The van der Waals surface area contributed by atoms with Gasteiger partial charge in [-0.15, -0.1) is 0 Å². The molecule has 112 valence electrons. The van der Waals surface area contributed by atoms with Gasteiger partial charge in [0.2, 0.25) is 0 Å². The topological polar surface area (TPSA) is 33.1 Å². The van der Waals surface area contributed by atoms with Gasteiger partial charge in [-0.1, -0.05) is 0 Å². The van der Waals surface area contributed by atoms with Crippen molar-refractivity contribution in [2.45, 2.75) is 33.0 Å². The molecule has 4 nitrogen and oxygen atoms in total. The molecule has 0 fully saturated rings. The summed E-state index contributed by atoms with van der Waals surface area (Å²) in [4.78, 5) is 6.69. The first kappa shape index (κ1) is 14.1. The summed E-state index contributed by atoms with van der Waals surface area (Å²) in [6.45, 7) is 6.47. The molecule has 0 saturated heterocycles. The Hall–Kier alpha value is -1.88. The fourth-order valence-electron chi connectivity index (χ4n) is 2.84. The van der Waals surface area contributed by atoms with Crippen molar-refractivity contribution in [2.75, 3.05) is 18.5 Å². The number of halogens is 1. The predicted octanol–water partition coefficient (Wildman–Crippen LogP) is 2.63. The van der Waals surface area contributed by atoms with Crippen molar-refractivity contribution in [3.05, 3.63) is 47.3 Å². The Morgan fingerprint density at radius 2 is 2.14 bits per heavy atom. The second-order valence-electron chi connectivity index (χ2n) is 5.63. The fourth-order valence-corrected chi connectivity index (χ4v) is 2.84. The summed E-state index contributed by atoms with van der Waals surface area (Å²) < 4.78 is 16.1. The molecule has 0 radical (unpaired) electrons. The summed E-state index contributed by atoms with van der Waals surface area (Å²) in [6, 6.07) is 3.72. The molecular weight excluding hydrogens is 267 g/mol. The van der Waals surface area contributed by atoms with E-state index in [4.69, 9.17) is 0 Å². The number of nitrogens with one attached hydrogen (secondary N) is 1. The van der Waals surface area contributed by atoms with Crippen LogP contribution < -0.4 is 10.2 Å². The van der Waals surface area contributed by atoms with Crippen LogP contribution in [0.1, 0.15) is 29.9 Å². The third kappa shape index (κ3) is 2.53. The minimum atomic E-state index is -0.144. The van der Waals surface area contributed by atoms with Crippen LogP contribution in [0.2, 0.25) is 0 Å². The number of nitrogens with zero attached hydrogens (tertiary/aromatic N) is 3. The molecule has 1 aromatic heterocycles. The molecule has 1 N–H and O–H groups in total. The number of hydrogen-bond donors (Lipinski definition) is 1. The highest BCUT2D eigenvalue weighted by Gasteiger charge is 2.22. The molecule has 0 amide bonds. The molecule has 0 saturated carbocycles. The molecule has 1 aliphatic heterocycles. The molecule has 0 aliphatic carbocycles. The summed E-state index contributed by atoms with van der Waals surface area (Å²) in [7, 11) is 1.90. The number of hydrogen-bond acceptors (Lipinski definition) is 3. The van der Waals surface area contributed by atoms with Crippen LogP contribution >= 0.6 is 0 Å². The zero-order chi connectivity index (χ0) is 15.0. The Labute approximate surface area is 124 Å². The van der Waals surface area contributed by atoms with Crippen molar-refractivity contribution in [3.63, 3.8) is 0 Å². The summed E-state index contributed by atoms with van der Waals surface area (Å²) in [5, 5.41) is 3.21. The van der Waals surface area contributed by atoms with Crippen LogP contribution in [0.15, 0.2) is 24.5 Å². The van der Waals surface area contributed by atoms with E-state index in [1.807, 2.05) is 32.4 Å². The van der Waals surface area contributed by atoms with Crippen LogP contribution in [0, 0.1) is 12.7 Å². The molecular formula is C16H21FN4. The third-order valence-corrected chi connectivity index (χ3v) is 4.29. The lowest BCUT2D eigenvalue weighted by Gasteiger charge is -2.32. The average Bonchev–Trinajstić information content (AvgIpc) is 2.96. The summed E-state index contributed by atoms with van der Waals surface area (Å²) in [5.74, 6) is 0.917. The predicted molar refractivity (Wildman–Crippen MR) is 81.9 cm³/mol. The first-order chi connectivity index (χ1) is 10.1. The van der Waals surface area contributed by atoms with E-state index >= 15 is 0 Å². The van der Waals surface area contributed by atoms with Gasteiger partial charge in [0, 0.05) is 37.2 Å². The fraction of sp³-hybridized carbons (Fsp3) is 0.438. The van der Waals surface area contributed by atoms with Crippen molar-refractivity contribution in [1.82, 2.24) is 14.9 Å². The normalized spacial score (nSPS) is 15.9. The number of rotatable bonds is 3. The lowest BCUT2D eigenvalue weighted by molar-refractivity contribution is 0.551. The van der Waals surface area contributed by atoms with E-state index in [0.29, 0.717) is 5.56 Å². The van der Waals surface area contributed by atoms with Crippen LogP contribution in [0.5, 0.6) is 0 Å². The van der Waals surface area contributed by atoms with Crippen LogP contribution in [0.3, 0.4) is 0 Å². The van der Waals surface area contributed by atoms with Gasteiger partial charge in [-0.05, 0) is 44.2 Å². The van der Waals surface area contributed by atoms with Gasteiger partial charge in [0.25, 0.3) is 0 Å². The molecule has 2 heterocycles. The van der Waals surface area contributed by atoms with E-state index in [9.17, 15) is 4.39 Å². The van der Waals surface area contributed by atoms with Gasteiger partial charge in [0.05, 0.1) is 6.54 Å². The van der Waals surface area contributed by atoms with Crippen molar-refractivity contribution < 1.29 is 4.39 Å². The molecule has 2 aromatic rings. The van der Waals surface area contributed by atoms with E-state index in [-0.39, 0.29) is 11.9 Å². The molecule has 3 rings (SSSR count). The lowest BCUT2D eigenvalue weighted by Crippen LogP contribution is -2.35. The minimum absolute atomic E-state index is 0.108. The van der Waals surface area contributed by atoms with Gasteiger partial charge >= 0.3 is 0 Å².